The topological polar surface area (TPSA) is 20.3 Å². The predicted octanol–water partition coefficient (Wildman–Crippen LogP) is 3.26. The maximum Gasteiger partial charge on any atom is 0.139 e. The Morgan fingerprint density at radius 3 is 2.72 bits per heavy atom. The number of piperidine rings is 1. The zero-order chi connectivity index (χ0) is 12.5. The van der Waals surface area contributed by atoms with Crippen molar-refractivity contribution in [3.05, 3.63) is 42.5 Å². The molecule has 0 aromatic heterocycles. The van der Waals surface area contributed by atoms with E-state index in [2.05, 4.69) is 47.4 Å². The molecule has 0 radical (unpaired) electrons. The molecule has 1 aliphatic rings. The summed E-state index contributed by atoms with van der Waals surface area (Å²) in [5, 5.41) is 2.54. The Morgan fingerprint density at radius 2 is 1.89 bits per heavy atom. The van der Waals surface area contributed by atoms with E-state index in [1.807, 2.05) is 6.92 Å². The maximum atomic E-state index is 11.6. The monoisotopic (exact) mass is 239 g/mol. The third-order valence-corrected chi connectivity index (χ3v) is 3.78. The van der Waals surface area contributed by atoms with Gasteiger partial charge in [0.1, 0.15) is 5.78 Å². The lowest BCUT2D eigenvalue weighted by atomic mass is 9.97. The second-order valence-electron chi connectivity index (χ2n) is 5.06. The fourth-order valence-electron chi connectivity index (χ4n) is 2.72. The van der Waals surface area contributed by atoms with Gasteiger partial charge in [-0.1, -0.05) is 43.3 Å². The Kier molecular flexibility index (Phi) is 2.78. The molecular weight excluding hydrogens is 222 g/mol. The first kappa shape index (κ1) is 11.3. The number of ketones is 1. The second kappa shape index (κ2) is 4.45. The van der Waals surface area contributed by atoms with E-state index >= 15 is 0 Å². The van der Waals surface area contributed by atoms with Crippen LogP contribution in [-0.4, -0.2) is 18.9 Å². The summed E-state index contributed by atoms with van der Waals surface area (Å²) < 4.78 is 0. The van der Waals surface area contributed by atoms with Crippen LogP contribution in [-0.2, 0) is 4.79 Å². The number of carbonyl (C=O) groups is 1. The first-order chi connectivity index (χ1) is 8.75. The minimum absolute atomic E-state index is 0.151. The van der Waals surface area contributed by atoms with Gasteiger partial charge in [0.2, 0.25) is 0 Å². The summed E-state index contributed by atoms with van der Waals surface area (Å²) in [7, 11) is 0. The van der Waals surface area contributed by atoms with Gasteiger partial charge in [0, 0.05) is 36.5 Å². The van der Waals surface area contributed by atoms with Gasteiger partial charge < -0.3 is 4.90 Å². The van der Waals surface area contributed by atoms with Gasteiger partial charge in [-0.05, 0) is 11.5 Å². The zero-order valence-corrected chi connectivity index (χ0v) is 10.6. The van der Waals surface area contributed by atoms with Gasteiger partial charge in [-0.15, -0.1) is 0 Å². The van der Waals surface area contributed by atoms with E-state index in [0.29, 0.717) is 12.2 Å². The number of carbonyl (C=O) groups excluding carboxylic acids is 1. The Morgan fingerprint density at radius 1 is 1.11 bits per heavy atom. The van der Waals surface area contributed by atoms with Crippen LogP contribution < -0.4 is 4.90 Å². The van der Waals surface area contributed by atoms with E-state index in [4.69, 9.17) is 0 Å². The van der Waals surface area contributed by atoms with Crippen LogP contribution in [0.4, 0.5) is 5.69 Å². The molecule has 1 saturated heterocycles. The van der Waals surface area contributed by atoms with Gasteiger partial charge in [-0.2, -0.15) is 0 Å². The molecule has 0 N–H and O–H groups in total. The molecule has 2 aromatic carbocycles. The number of rotatable bonds is 1. The SMILES string of the molecule is CC1CN(c2cccc3ccccc23)CCC1=O. The largest absolute Gasteiger partial charge is 0.370 e. The lowest BCUT2D eigenvalue weighted by Crippen LogP contribution is -2.39. The van der Waals surface area contributed by atoms with Gasteiger partial charge in [0.25, 0.3) is 0 Å². The van der Waals surface area contributed by atoms with Crippen LogP contribution in [0.1, 0.15) is 13.3 Å². The van der Waals surface area contributed by atoms with Crippen LogP contribution in [0.25, 0.3) is 10.8 Å². The van der Waals surface area contributed by atoms with Gasteiger partial charge >= 0.3 is 0 Å². The van der Waals surface area contributed by atoms with Crippen LogP contribution in [0, 0.1) is 5.92 Å². The van der Waals surface area contributed by atoms with Crippen molar-refractivity contribution in [2.45, 2.75) is 13.3 Å². The fraction of sp³-hybridized carbons (Fsp3) is 0.312. The summed E-state index contributed by atoms with van der Waals surface area (Å²) in [5.74, 6) is 0.546. The third-order valence-electron chi connectivity index (χ3n) is 3.78. The first-order valence-electron chi connectivity index (χ1n) is 6.51. The summed E-state index contributed by atoms with van der Waals surface area (Å²) in [6, 6.07) is 14.8. The summed E-state index contributed by atoms with van der Waals surface area (Å²) in [6.45, 7) is 3.71. The van der Waals surface area contributed by atoms with E-state index in [1.165, 1.54) is 16.5 Å². The van der Waals surface area contributed by atoms with E-state index in [9.17, 15) is 4.79 Å². The Balaban J connectivity index is 2.02. The van der Waals surface area contributed by atoms with Crippen molar-refractivity contribution in [1.82, 2.24) is 0 Å². The molecule has 1 heterocycles. The average Bonchev–Trinajstić information content (AvgIpc) is 2.41. The lowest BCUT2D eigenvalue weighted by molar-refractivity contribution is -0.122. The van der Waals surface area contributed by atoms with Crippen LogP contribution in [0.2, 0.25) is 0 Å². The van der Waals surface area contributed by atoms with Crippen molar-refractivity contribution < 1.29 is 4.79 Å². The summed E-state index contributed by atoms with van der Waals surface area (Å²) in [4.78, 5) is 13.9. The third kappa shape index (κ3) is 1.88. The number of nitrogens with zero attached hydrogens (tertiary/aromatic N) is 1. The predicted molar refractivity (Wildman–Crippen MR) is 74.9 cm³/mol. The molecule has 1 unspecified atom stereocenters. The van der Waals surface area contributed by atoms with Gasteiger partial charge in [0.05, 0.1) is 0 Å². The highest BCUT2D eigenvalue weighted by molar-refractivity contribution is 5.95. The highest BCUT2D eigenvalue weighted by atomic mass is 16.1. The standard InChI is InChI=1S/C16H17NO/c1-12-11-17(10-9-16(12)18)15-8-4-6-13-5-2-3-7-14(13)15/h2-8,12H,9-11H2,1H3. The molecule has 18 heavy (non-hydrogen) atoms. The summed E-state index contributed by atoms with van der Waals surface area (Å²) in [6.07, 6.45) is 0.671. The molecule has 3 rings (SSSR count). The molecule has 1 atom stereocenters. The normalized spacial score (nSPS) is 20.4. The van der Waals surface area contributed by atoms with Gasteiger partial charge in [0.15, 0.2) is 0 Å². The number of fused-ring (bicyclic) bond motifs is 1. The number of benzene rings is 2. The quantitative estimate of drug-likeness (QED) is 0.761. The average molecular weight is 239 g/mol. The lowest BCUT2D eigenvalue weighted by Gasteiger charge is -2.32. The number of anilines is 1. The molecule has 1 aliphatic heterocycles. The second-order valence-corrected chi connectivity index (χ2v) is 5.06. The molecule has 0 saturated carbocycles. The fourth-order valence-corrected chi connectivity index (χ4v) is 2.72. The number of Topliss-reactive ketones (excluding diaryl/α,β-unsaturated/α-hetero) is 1. The Hall–Kier alpha value is -1.83. The van der Waals surface area contributed by atoms with Crippen LogP contribution in [0.15, 0.2) is 42.5 Å². The number of hydrogen-bond donors (Lipinski definition) is 0. The zero-order valence-electron chi connectivity index (χ0n) is 10.6. The molecule has 92 valence electrons. The summed E-state index contributed by atoms with van der Waals surface area (Å²) >= 11 is 0. The van der Waals surface area contributed by atoms with E-state index in [1.54, 1.807) is 0 Å². The van der Waals surface area contributed by atoms with Crippen molar-refractivity contribution in [3.8, 4) is 0 Å². The number of hydrogen-bond acceptors (Lipinski definition) is 2. The first-order valence-corrected chi connectivity index (χ1v) is 6.51. The maximum absolute atomic E-state index is 11.6. The highest BCUT2D eigenvalue weighted by Crippen LogP contribution is 2.29. The molecule has 0 bridgehead atoms. The molecule has 0 aliphatic carbocycles. The smallest absolute Gasteiger partial charge is 0.139 e. The van der Waals surface area contributed by atoms with Gasteiger partial charge in [-0.3, -0.25) is 4.79 Å². The van der Waals surface area contributed by atoms with E-state index < -0.39 is 0 Å². The van der Waals surface area contributed by atoms with Crippen molar-refractivity contribution >= 4 is 22.2 Å². The van der Waals surface area contributed by atoms with Crippen molar-refractivity contribution in [1.29, 1.82) is 0 Å². The van der Waals surface area contributed by atoms with Crippen LogP contribution in [0.5, 0.6) is 0 Å². The minimum Gasteiger partial charge on any atom is -0.370 e. The van der Waals surface area contributed by atoms with Crippen molar-refractivity contribution in [2.75, 3.05) is 18.0 Å². The van der Waals surface area contributed by atoms with Crippen LogP contribution >= 0.6 is 0 Å². The highest BCUT2D eigenvalue weighted by Gasteiger charge is 2.24. The molecule has 2 aromatic rings. The van der Waals surface area contributed by atoms with E-state index in [-0.39, 0.29) is 5.92 Å². The Labute approximate surface area is 107 Å². The van der Waals surface area contributed by atoms with Crippen LogP contribution in [0.3, 0.4) is 0 Å². The molecule has 0 amide bonds. The van der Waals surface area contributed by atoms with E-state index in [0.717, 1.165) is 13.1 Å². The van der Waals surface area contributed by atoms with Gasteiger partial charge in [-0.25, -0.2) is 0 Å². The van der Waals surface area contributed by atoms with Crippen molar-refractivity contribution in [3.63, 3.8) is 0 Å². The molecule has 0 spiro atoms. The molecule has 2 heteroatoms. The Bertz CT molecular complexity index is 585. The summed E-state index contributed by atoms with van der Waals surface area (Å²) in [5.41, 5.74) is 1.26. The van der Waals surface area contributed by atoms with Crippen molar-refractivity contribution in [2.24, 2.45) is 5.92 Å². The molecule has 2 nitrogen and oxygen atoms in total. The minimum atomic E-state index is 0.151. The molecular formula is C16H17NO. The molecule has 1 fully saturated rings.